The monoisotopic (exact) mass is 241 g/mol. The van der Waals surface area contributed by atoms with E-state index in [4.69, 9.17) is 5.73 Å². The molecule has 3 heteroatoms. The van der Waals surface area contributed by atoms with Crippen molar-refractivity contribution >= 4 is 0 Å². The van der Waals surface area contributed by atoms with Crippen LogP contribution in [0.5, 0.6) is 0 Å². The van der Waals surface area contributed by atoms with E-state index < -0.39 is 11.3 Å². The van der Waals surface area contributed by atoms with E-state index in [0.29, 0.717) is 5.92 Å². The van der Waals surface area contributed by atoms with E-state index in [1.807, 2.05) is 13.8 Å². The van der Waals surface area contributed by atoms with Gasteiger partial charge in [0.1, 0.15) is 0 Å². The van der Waals surface area contributed by atoms with Gasteiger partial charge in [0.15, 0.2) is 0 Å². The second kappa shape index (κ2) is 4.73. The normalized spacial score (nSPS) is 13.2. The highest BCUT2D eigenvalue weighted by Crippen LogP contribution is 2.44. The van der Waals surface area contributed by atoms with E-state index in [2.05, 4.69) is 0 Å². The Morgan fingerprint density at radius 2 is 1.59 bits per heavy atom. The van der Waals surface area contributed by atoms with E-state index in [1.54, 1.807) is 12.1 Å². The summed E-state index contributed by atoms with van der Waals surface area (Å²) in [6.07, 6.45) is 0. The summed E-state index contributed by atoms with van der Waals surface area (Å²) >= 11 is 0. The maximum absolute atomic E-state index is 14.2. The van der Waals surface area contributed by atoms with Crippen LogP contribution in [0.2, 0.25) is 0 Å². The molecule has 0 heterocycles. The van der Waals surface area contributed by atoms with Crippen molar-refractivity contribution in [3.63, 3.8) is 0 Å². The zero-order valence-electron chi connectivity index (χ0n) is 10.9. The number of hydrogen-bond donors (Lipinski definition) is 1. The Morgan fingerprint density at radius 3 is 1.94 bits per heavy atom. The number of nitrogens with two attached hydrogens (primary N) is 1. The lowest BCUT2D eigenvalue weighted by molar-refractivity contribution is -0.108. The minimum atomic E-state index is -2.91. The van der Waals surface area contributed by atoms with Gasteiger partial charge in [-0.25, -0.2) is 8.78 Å². The molecule has 0 fully saturated rings. The number of alkyl halides is 2. The third-order valence-electron chi connectivity index (χ3n) is 3.30. The Bertz CT molecular complexity index is 366. The van der Waals surface area contributed by atoms with Crippen LogP contribution in [0.15, 0.2) is 24.3 Å². The number of benzene rings is 1. The molecule has 0 spiro atoms. The minimum absolute atomic E-state index is 0.0392. The zero-order chi connectivity index (χ0) is 13.3. The first-order chi connectivity index (χ1) is 7.72. The van der Waals surface area contributed by atoms with Crippen LogP contribution in [0, 0.1) is 5.41 Å². The molecular weight excluding hydrogens is 220 g/mol. The molecule has 0 bridgehead atoms. The molecule has 0 radical (unpaired) electrons. The topological polar surface area (TPSA) is 26.0 Å². The van der Waals surface area contributed by atoms with Crippen LogP contribution in [0.4, 0.5) is 8.78 Å². The maximum Gasteiger partial charge on any atom is 0.279 e. The lowest BCUT2D eigenvalue weighted by atomic mass is 9.81. The first-order valence-electron chi connectivity index (χ1n) is 5.90. The van der Waals surface area contributed by atoms with Crippen molar-refractivity contribution in [1.29, 1.82) is 0 Å². The van der Waals surface area contributed by atoms with Gasteiger partial charge in [-0.1, -0.05) is 52.0 Å². The van der Waals surface area contributed by atoms with Crippen molar-refractivity contribution in [2.24, 2.45) is 11.1 Å². The summed E-state index contributed by atoms with van der Waals surface area (Å²) in [6, 6.07) is 6.54. The number of halogens is 2. The van der Waals surface area contributed by atoms with Crippen molar-refractivity contribution in [3.05, 3.63) is 35.4 Å². The molecule has 0 aromatic heterocycles. The fraction of sp³-hybridized carbons (Fsp3) is 0.571. The average molecular weight is 241 g/mol. The van der Waals surface area contributed by atoms with E-state index in [9.17, 15) is 8.78 Å². The van der Waals surface area contributed by atoms with E-state index in [-0.39, 0.29) is 12.1 Å². The van der Waals surface area contributed by atoms with Gasteiger partial charge < -0.3 is 5.73 Å². The fourth-order valence-corrected chi connectivity index (χ4v) is 1.60. The summed E-state index contributed by atoms with van der Waals surface area (Å²) in [7, 11) is 0. The molecule has 0 saturated heterocycles. The van der Waals surface area contributed by atoms with Crippen molar-refractivity contribution in [2.75, 3.05) is 6.54 Å². The van der Waals surface area contributed by atoms with Gasteiger partial charge >= 0.3 is 0 Å². The van der Waals surface area contributed by atoms with Gasteiger partial charge in [0, 0.05) is 17.5 Å². The SMILES string of the molecule is CC(C)c1ccc(C(F)(F)C(C)(C)CN)cc1. The molecule has 1 aromatic carbocycles. The predicted molar refractivity (Wildman–Crippen MR) is 67.3 cm³/mol. The predicted octanol–water partition coefficient (Wildman–Crippen LogP) is 3.89. The van der Waals surface area contributed by atoms with Crippen LogP contribution in [-0.4, -0.2) is 6.54 Å². The van der Waals surface area contributed by atoms with Crippen LogP contribution in [-0.2, 0) is 5.92 Å². The molecule has 0 aliphatic heterocycles. The molecule has 1 nitrogen and oxygen atoms in total. The van der Waals surface area contributed by atoms with Gasteiger partial charge in [-0.05, 0) is 11.5 Å². The highest BCUT2D eigenvalue weighted by molar-refractivity contribution is 5.28. The molecular formula is C14H21F2N. The summed E-state index contributed by atoms with van der Waals surface area (Å²) in [5.41, 5.74) is 5.30. The van der Waals surface area contributed by atoms with Gasteiger partial charge in [-0.15, -0.1) is 0 Å². The lowest BCUT2D eigenvalue weighted by Gasteiger charge is -2.33. The van der Waals surface area contributed by atoms with Crippen LogP contribution in [0.25, 0.3) is 0 Å². The van der Waals surface area contributed by atoms with Crippen LogP contribution >= 0.6 is 0 Å². The third kappa shape index (κ3) is 2.65. The average Bonchev–Trinajstić information content (AvgIpc) is 2.28. The Hall–Kier alpha value is -0.960. The number of rotatable bonds is 4. The smallest absolute Gasteiger partial charge is 0.279 e. The number of hydrogen-bond acceptors (Lipinski definition) is 1. The first kappa shape index (κ1) is 14.1. The van der Waals surface area contributed by atoms with Crippen LogP contribution in [0.1, 0.15) is 44.7 Å². The van der Waals surface area contributed by atoms with Crippen LogP contribution in [0.3, 0.4) is 0 Å². The maximum atomic E-state index is 14.2. The van der Waals surface area contributed by atoms with Crippen molar-refractivity contribution in [3.8, 4) is 0 Å². The summed E-state index contributed by atoms with van der Waals surface area (Å²) < 4.78 is 28.4. The zero-order valence-corrected chi connectivity index (χ0v) is 10.9. The molecule has 0 aliphatic rings. The summed E-state index contributed by atoms with van der Waals surface area (Å²) in [5, 5.41) is 0. The Labute approximate surface area is 102 Å². The molecule has 0 atom stereocenters. The molecule has 17 heavy (non-hydrogen) atoms. The Kier molecular flexibility index (Phi) is 3.92. The third-order valence-corrected chi connectivity index (χ3v) is 3.30. The molecule has 2 N–H and O–H groups in total. The lowest BCUT2D eigenvalue weighted by Crippen LogP contribution is -2.40. The van der Waals surface area contributed by atoms with Gasteiger partial charge in [-0.2, -0.15) is 0 Å². The largest absolute Gasteiger partial charge is 0.330 e. The van der Waals surface area contributed by atoms with Crippen molar-refractivity contribution in [1.82, 2.24) is 0 Å². The Balaban J connectivity index is 3.08. The van der Waals surface area contributed by atoms with Crippen LogP contribution < -0.4 is 5.73 Å². The molecule has 0 saturated carbocycles. The van der Waals surface area contributed by atoms with Gasteiger partial charge in [0.2, 0.25) is 0 Å². The first-order valence-corrected chi connectivity index (χ1v) is 5.90. The summed E-state index contributed by atoms with van der Waals surface area (Å²) in [4.78, 5) is 0. The van der Waals surface area contributed by atoms with Gasteiger partial charge in [-0.3, -0.25) is 0 Å². The molecule has 0 amide bonds. The molecule has 96 valence electrons. The molecule has 1 aromatic rings. The highest BCUT2D eigenvalue weighted by Gasteiger charge is 2.46. The molecule has 0 aliphatic carbocycles. The van der Waals surface area contributed by atoms with Gasteiger partial charge in [0.05, 0.1) is 0 Å². The Morgan fingerprint density at radius 1 is 1.12 bits per heavy atom. The highest BCUT2D eigenvalue weighted by atomic mass is 19.3. The summed E-state index contributed by atoms with van der Waals surface area (Å²) in [6.45, 7) is 7.01. The second-order valence-electron chi connectivity index (χ2n) is 5.44. The molecule has 0 unspecified atom stereocenters. The quantitative estimate of drug-likeness (QED) is 0.850. The minimum Gasteiger partial charge on any atom is -0.330 e. The molecule has 1 rings (SSSR count). The standard InChI is InChI=1S/C14H21F2N/c1-10(2)11-5-7-12(8-6-11)14(15,16)13(3,4)9-17/h5-8,10H,9,17H2,1-4H3. The van der Waals surface area contributed by atoms with E-state index in [0.717, 1.165) is 5.56 Å². The van der Waals surface area contributed by atoms with Crippen molar-refractivity contribution < 1.29 is 8.78 Å². The van der Waals surface area contributed by atoms with Crippen molar-refractivity contribution in [2.45, 2.75) is 39.5 Å². The van der Waals surface area contributed by atoms with E-state index >= 15 is 0 Å². The summed E-state index contributed by atoms with van der Waals surface area (Å²) in [5.74, 6) is -2.56. The fourth-order valence-electron chi connectivity index (χ4n) is 1.60. The second-order valence-corrected chi connectivity index (χ2v) is 5.44. The van der Waals surface area contributed by atoms with E-state index in [1.165, 1.54) is 26.0 Å². The van der Waals surface area contributed by atoms with Gasteiger partial charge in [0.25, 0.3) is 5.92 Å².